The van der Waals surface area contributed by atoms with Crippen LogP contribution in [0.4, 0.5) is 0 Å². The number of carbonyl (C=O) groups is 2. The summed E-state index contributed by atoms with van der Waals surface area (Å²) in [6.45, 7) is 2.02. The van der Waals surface area contributed by atoms with E-state index in [1.54, 1.807) is 24.3 Å². The summed E-state index contributed by atoms with van der Waals surface area (Å²) >= 11 is 0. The molecule has 0 saturated carbocycles. The number of rotatable bonds is 5. The van der Waals surface area contributed by atoms with E-state index < -0.39 is 5.97 Å². The number of carbonyl (C=O) groups excluding carboxylic acids is 2. The molecule has 0 atom stereocenters. The van der Waals surface area contributed by atoms with E-state index in [1.165, 1.54) is 11.9 Å². The molecule has 0 saturated heterocycles. The van der Waals surface area contributed by atoms with Gasteiger partial charge in [0.1, 0.15) is 0 Å². The highest BCUT2D eigenvalue weighted by atomic mass is 16.7. The number of nitrogens with zero attached hydrogens (tertiary/aromatic N) is 2. The van der Waals surface area contributed by atoms with Crippen molar-refractivity contribution in [3.63, 3.8) is 0 Å². The Hall–Kier alpha value is -2.37. The molecule has 1 amide bonds. The zero-order valence-electron chi connectivity index (χ0n) is 10.3. The minimum Gasteiger partial charge on any atom is -0.383 e. The summed E-state index contributed by atoms with van der Waals surface area (Å²) < 4.78 is 0. The molecule has 6 nitrogen and oxygen atoms in total. The molecule has 1 rings (SSSR count). The number of amides is 1. The molecule has 0 aliphatic rings. The minimum absolute atomic E-state index is 0.0464. The molecule has 6 heteroatoms. The van der Waals surface area contributed by atoms with Crippen LogP contribution < -0.4 is 5.73 Å². The van der Waals surface area contributed by atoms with Gasteiger partial charge in [0.05, 0.1) is 12.1 Å². The standard InChI is InChI=1S/C12H15N3O3/c1-9-3-5-10(6-4-9)12(17)18-14-11(13)7-15(2)8-16/h3-6,8H,7H2,1-2H3,(H2,13,14). The summed E-state index contributed by atoms with van der Waals surface area (Å²) in [4.78, 5) is 27.8. The van der Waals surface area contributed by atoms with Crippen LogP contribution in [0.25, 0.3) is 0 Å². The lowest BCUT2D eigenvalue weighted by molar-refractivity contribution is -0.116. The van der Waals surface area contributed by atoms with Crippen LogP contribution in [0.3, 0.4) is 0 Å². The maximum atomic E-state index is 11.5. The van der Waals surface area contributed by atoms with Gasteiger partial charge >= 0.3 is 5.97 Å². The number of hydrogen-bond donors (Lipinski definition) is 1. The molecule has 0 aliphatic heterocycles. The Morgan fingerprint density at radius 2 is 2.06 bits per heavy atom. The summed E-state index contributed by atoms with van der Waals surface area (Å²) in [5, 5.41) is 3.46. The highest BCUT2D eigenvalue weighted by molar-refractivity contribution is 5.90. The van der Waals surface area contributed by atoms with Gasteiger partial charge in [0.2, 0.25) is 6.41 Å². The monoisotopic (exact) mass is 249 g/mol. The maximum Gasteiger partial charge on any atom is 0.365 e. The van der Waals surface area contributed by atoms with Gasteiger partial charge in [-0.15, -0.1) is 0 Å². The molecule has 0 heterocycles. The zero-order chi connectivity index (χ0) is 13.5. The van der Waals surface area contributed by atoms with Crippen LogP contribution in [0.15, 0.2) is 29.4 Å². The van der Waals surface area contributed by atoms with Crippen LogP contribution in [-0.4, -0.2) is 36.7 Å². The first-order valence-electron chi connectivity index (χ1n) is 5.29. The average Bonchev–Trinajstić information content (AvgIpc) is 2.36. The molecule has 0 fully saturated rings. The SMILES string of the molecule is Cc1ccc(C(=O)O/N=C(\N)CN(C)C=O)cc1. The molecule has 18 heavy (non-hydrogen) atoms. The zero-order valence-corrected chi connectivity index (χ0v) is 10.3. The van der Waals surface area contributed by atoms with Crippen molar-refractivity contribution in [2.24, 2.45) is 10.9 Å². The maximum absolute atomic E-state index is 11.5. The van der Waals surface area contributed by atoms with Gasteiger partial charge in [0.25, 0.3) is 0 Å². The molecule has 0 unspecified atom stereocenters. The predicted octanol–water partition coefficient (Wildman–Crippen LogP) is 0.512. The van der Waals surface area contributed by atoms with Crippen molar-refractivity contribution in [3.8, 4) is 0 Å². The second kappa shape index (κ2) is 6.39. The van der Waals surface area contributed by atoms with E-state index >= 15 is 0 Å². The number of aryl methyl sites for hydroxylation is 1. The second-order valence-corrected chi connectivity index (χ2v) is 3.85. The lowest BCUT2D eigenvalue weighted by Gasteiger charge is -2.08. The summed E-state index contributed by atoms with van der Waals surface area (Å²) in [6, 6.07) is 6.87. The van der Waals surface area contributed by atoms with Crippen molar-refractivity contribution >= 4 is 18.2 Å². The normalized spacial score (nSPS) is 10.9. The lowest BCUT2D eigenvalue weighted by atomic mass is 10.2. The fraction of sp³-hybridized carbons (Fsp3) is 0.250. The summed E-state index contributed by atoms with van der Waals surface area (Å²) in [5.74, 6) is -0.545. The Bertz CT molecular complexity index is 454. The molecule has 0 radical (unpaired) electrons. The second-order valence-electron chi connectivity index (χ2n) is 3.85. The number of likely N-dealkylation sites (N-methyl/N-ethyl adjacent to an activating group) is 1. The fourth-order valence-corrected chi connectivity index (χ4v) is 1.16. The van der Waals surface area contributed by atoms with Crippen LogP contribution in [0.1, 0.15) is 15.9 Å². The van der Waals surface area contributed by atoms with Gasteiger partial charge in [-0.05, 0) is 19.1 Å². The number of hydrogen-bond acceptors (Lipinski definition) is 4. The van der Waals surface area contributed by atoms with Crippen molar-refractivity contribution in [2.75, 3.05) is 13.6 Å². The molecule has 0 aliphatic carbocycles. The topological polar surface area (TPSA) is 85.0 Å². The number of benzene rings is 1. The molecule has 0 bridgehead atoms. The van der Waals surface area contributed by atoms with Gasteiger partial charge in [-0.1, -0.05) is 22.9 Å². The third kappa shape index (κ3) is 4.25. The summed E-state index contributed by atoms with van der Waals surface area (Å²) in [7, 11) is 1.54. The van der Waals surface area contributed by atoms with Crippen molar-refractivity contribution < 1.29 is 14.4 Å². The van der Waals surface area contributed by atoms with E-state index in [0.29, 0.717) is 12.0 Å². The Kier molecular flexibility index (Phi) is 4.86. The quantitative estimate of drug-likeness (QED) is 0.271. The molecule has 0 spiro atoms. The van der Waals surface area contributed by atoms with Crippen molar-refractivity contribution in [1.82, 2.24) is 4.90 Å². The molecular weight excluding hydrogens is 234 g/mol. The molecule has 2 N–H and O–H groups in total. The van der Waals surface area contributed by atoms with Crippen molar-refractivity contribution in [3.05, 3.63) is 35.4 Å². The molecule has 96 valence electrons. The molecular formula is C12H15N3O3. The van der Waals surface area contributed by atoms with Gasteiger partial charge in [-0.3, -0.25) is 4.79 Å². The Labute approximate surface area is 105 Å². The van der Waals surface area contributed by atoms with Gasteiger partial charge in [-0.25, -0.2) is 4.79 Å². The smallest absolute Gasteiger partial charge is 0.365 e. The van der Waals surface area contributed by atoms with Gasteiger partial charge in [0.15, 0.2) is 5.84 Å². The van der Waals surface area contributed by atoms with Crippen LogP contribution in [0, 0.1) is 6.92 Å². The van der Waals surface area contributed by atoms with Crippen LogP contribution in [-0.2, 0) is 9.63 Å². The number of nitrogens with two attached hydrogens (primary N) is 1. The van der Waals surface area contributed by atoms with E-state index in [2.05, 4.69) is 9.99 Å². The Balaban J connectivity index is 2.57. The molecule has 1 aromatic rings. The highest BCUT2D eigenvalue weighted by Crippen LogP contribution is 2.04. The third-order valence-electron chi connectivity index (χ3n) is 2.12. The van der Waals surface area contributed by atoms with E-state index in [4.69, 9.17) is 5.73 Å². The third-order valence-corrected chi connectivity index (χ3v) is 2.12. The van der Waals surface area contributed by atoms with Gasteiger partial charge in [-0.2, -0.15) is 0 Å². The van der Waals surface area contributed by atoms with Crippen LogP contribution in [0.5, 0.6) is 0 Å². The van der Waals surface area contributed by atoms with E-state index in [1.807, 2.05) is 6.92 Å². The van der Waals surface area contributed by atoms with Crippen molar-refractivity contribution in [1.29, 1.82) is 0 Å². The predicted molar refractivity (Wildman–Crippen MR) is 66.9 cm³/mol. The largest absolute Gasteiger partial charge is 0.383 e. The molecule has 1 aromatic carbocycles. The van der Waals surface area contributed by atoms with E-state index in [-0.39, 0.29) is 12.4 Å². The van der Waals surface area contributed by atoms with Gasteiger partial charge < -0.3 is 15.5 Å². The lowest BCUT2D eigenvalue weighted by Crippen LogP contribution is -2.30. The fourth-order valence-electron chi connectivity index (χ4n) is 1.16. The summed E-state index contributed by atoms with van der Waals surface area (Å²) in [6.07, 6.45) is 0.601. The number of amidine groups is 1. The van der Waals surface area contributed by atoms with E-state index in [9.17, 15) is 9.59 Å². The van der Waals surface area contributed by atoms with Crippen LogP contribution >= 0.6 is 0 Å². The molecule has 0 aromatic heterocycles. The highest BCUT2D eigenvalue weighted by Gasteiger charge is 2.07. The van der Waals surface area contributed by atoms with Crippen LogP contribution in [0.2, 0.25) is 0 Å². The Morgan fingerprint density at radius 1 is 1.44 bits per heavy atom. The Morgan fingerprint density at radius 3 is 2.61 bits per heavy atom. The van der Waals surface area contributed by atoms with Gasteiger partial charge in [0, 0.05) is 7.05 Å². The average molecular weight is 249 g/mol. The summed E-state index contributed by atoms with van der Waals surface area (Å²) in [5.41, 5.74) is 6.91. The van der Waals surface area contributed by atoms with Crippen molar-refractivity contribution in [2.45, 2.75) is 6.92 Å². The first-order chi connectivity index (χ1) is 8.52. The first kappa shape index (κ1) is 13.7. The minimum atomic E-state index is -0.591. The number of oxime groups is 1. The van der Waals surface area contributed by atoms with E-state index in [0.717, 1.165) is 5.56 Å². The first-order valence-corrected chi connectivity index (χ1v) is 5.29.